The van der Waals surface area contributed by atoms with Crippen molar-refractivity contribution in [1.29, 1.82) is 0 Å². The molecule has 0 saturated heterocycles. The average Bonchev–Trinajstić information content (AvgIpc) is 2.39. The van der Waals surface area contributed by atoms with Gasteiger partial charge in [0.15, 0.2) is 6.29 Å². The zero-order chi connectivity index (χ0) is 14.3. The average molecular weight is 306 g/mol. The molecule has 3 nitrogen and oxygen atoms in total. The molecule has 0 saturated carbocycles. The van der Waals surface area contributed by atoms with Crippen molar-refractivity contribution < 1.29 is 9.47 Å². The van der Waals surface area contributed by atoms with Gasteiger partial charge in [-0.25, -0.2) is 0 Å². The Morgan fingerprint density at radius 2 is 1.89 bits per heavy atom. The summed E-state index contributed by atoms with van der Waals surface area (Å²) >= 11 is 12.1. The van der Waals surface area contributed by atoms with Crippen molar-refractivity contribution in [2.24, 2.45) is 0 Å². The van der Waals surface area contributed by atoms with E-state index >= 15 is 0 Å². The van der Waals surface area contributed by atoms with Gasteiger partial charge >= 0.3 is 0 Å². The van der Waals surface area contributed by atoms with Gasteiger partial charge in [0.05, 0.1) is 6.04 Å². The van der Waals surface area contributed by atoms with E-state index in [-0.39, 0.29) is 12.3 Å². The van der Waals surface area contributed by atoms with Crippen LogP contribution in [0.3, 0.4) is 0 Å². The molecule has 0 amide bonds. The Morgan fingerprint density at radius 1 is 1.21 bits per heavy atom. The van der Waals surface area contributed by atoms with E-state index in [1.165, 1.54) is 0 Å². The first-order chi connectivity index (χ1) is 9.12. The van der Waals surface area contributed by atoms with Gasteiger partial charge in [0, 0.05) is 24.3 Å². The zero-order valence-corrected chi connectivity index (χ0v) is 13.1. The minimum absolute atomic E-state index is 0.0497. The lowest BCUT2D eigenvalue weighted by molar-refractivity contribution is -0.122. The van der Waals surface area contributed by atoms with Crippen LogP contribution in [0.15, 0.2) is 18.2 Å². The van der Waals surface area contributed by atoms with E-state index < -0.39 is 0 Å². The normalized spacial score (nSPS) is 12.9. The molecule has 0 spiro atoms. The first kappa shape index (κ1) is 16.7. The summed E-state index contributed by atoms with van der Waals surface area (Å²) < 4.78 is 10.7. The first-order valence-electron chi connectivity index (χ1n) is 6.35. The van der Waals surface area contributed by atoms with Crippen molar-refractivity contribution in [2.45, 2.75) is 32.1 Å². The maximum atomic E-state index is 6.20. The highest BCUT2D eigenvalue weighted by molar-refractivity contribution is 6.35. The molecule has 5 heteroatoms. The van der Waals surface area contributed by atoms with E-state index in [0.717, 1.165) is 24.9 Å². The molecule has 19 heavy (non-hydrogen) atoms. The number of hydrogen-bond donors (Lipinski definition) is 1. The highest BCUT2D eigenvalue weighted by Gasteiger charge is 2.21. The van der Waals surface area contributed by atoms with Gasteiger partial charge < -0.3 is 14.8 Å². The summed E-state index contributed by atoms with van der Waals surface area (Å²) in [6, 6.07) is 5.58. The Hall–Kier alpha value is -0.320. The fourth-order valence-corrected chi connectivity index (χ4v) is 2.43. The van der Waals surface area contributed by atoms with Crippen molar-refractivity contribution in [2.75, 3.05) is 20.8 Å². The van der Waals surface area contributed by atoms with E-state index in [2.05, 4.69) is 12.2 Å². The Balaban J connectivity index is 2.80. The van der Waals surface area contributed by atoms with Crippen LogP contribution < -0.4 is 5.32 Å². The van der Waals surface area contributed by atoms with Gasteiger partial charge in [-0.1, -0.05) is 36.2 Å². The fourth-order valence-electron chi connectivity index (χ4n) is 1.94. The van der Waals surface area contributed by atoms with Crippen LogP contribution in [-0.4, -0.2) is 33.1 Å². The molecule has 1 unspecified atom stereocenters. The van der Waals surface area contributed by atoms with E-state index in [4.69, 9.17) is 32.7 Å². The number of halogens is 2. The molecule has 0 aliphatic rings. The summed E-state index contributed by atoms with van der Waals surface area (Å²) in [6.07, 6.45) is 1.46. The van der Waals surface area contributed by atoms with Gasteiger partial charge in [-0.2, -0.15) is 0 Å². The van der Waals surface area contributed by atoms with Crippen LogP contribution in [0.4, 0.5) is 0 Å². The maximum Gasteiger partial charge on any atom is 0.172 e. The molecule has 1 N–H and O–H groups in total. The zero-order valence-electron chi connectivity index (χ0n) is 11.6. The molecule has 1 aromatic rings. The second kappa shape index (κ2) is 8.77. The number of methoxy groups -OCH3 is 2. The predicted octanol–water partition coefficient (Wildman–Crippen LogP) is 3.52. The van der Waals surface area contributed by atoms with Crippen LogP contribution in [0.1, 0.15) is 18.9 Å². The van der Waals surface area contributed by atoms with Crippen molar-refractivity contribution in [3.63, 3.8) is 0 Å². The van der Waals surface area contributed by atoms with Crippen LogP contribution in [-0.2, 0) is 15.9 Å². The number of ether oxygens (including phenoxy) is 2. The molecule has 1 rings (SSSR count). The largest absolute Gasteiger partial charge is 0.354 e. The fraction of sp³-hybridized carbons (Fsp3) is 0.571. The minimum Gasteiger partial charge on any atom is -0.354 e. The van der Waals surface area contributed by atoms with Crippen LogP contribution in [0.25, 0.3) is 0 Å². The molecule has 0 aliphatic carbocycles. The lowest BCUT2D eigenvalue weighted by atomic mass is 10.1. The van der Waals surface area contributed by atoms with E-state index in [9.17, 15) is 0 Å². The summed E-state index contributed by atoms with van der Waals surface area (Å²) in [6.45, 7) is 3.02. The van der Waals surface area contributed by atoms with Gasteiger partial charge in [-0.05, 0) is 37.1 Å². The molecule has 0 fully saturated rings. The Labute approximate surface area is 125 Å². The number of rotatable bonds is 8. The number of nitrogens with one attached hydrogen (secondary N) is 1. The third-order valence-electron chi connectivity index (χ3n) is 2.90. The molecule has 0 aromatic heterocycles. The van der Waals surface area contributed by atoms with Crippen LogP contribution >= 0.6 is 23.2 Å². The van der Waals surface area contributed by atoms with E-state index in [1.807, 2.05) is 12.1 Å². The third kappa shape index (κ3) is 5.28. The SMILES string of the molecule is CCCNC(Cc1ccc(Cl)cc1Cl)C(OC)OC. The number of benzene rings is 1. The van der Waals surface area contributed by atoms with Gasteiger partial charge in [0.25, 0.3) is 0 Å². The highest BCUT2D eigenvalue weighted by Crippen LogP contribution is 2.23. The first-order valence-corrected chi connectivity index (χ1v) is 7.10. The van der Waals surface area contributed by atoms with Crippen molar-refractivity contribution in [3.05, 3.63) is 33.8 Å². The van der Waals surface area contributed by atoms with Gasteiger partial charge in [-0.3, -0.25) is 0 Å². The van der Waals surface area contributed by atoms with Crippen LogP contribution in [0.5, 0.6) is 0 Å². The molecule has 0 aliphatic heterocycles. The Bertz CT molecular complexity index is 384. The van der Waals surface area contributed by atoms with E-state index in [1.54, 1.807) is 20.3 Å². The maximum absolute atomic E-state index is 6.20. The molecule has 0 bridgehead atoms. The van der Waals surface area contributed by atoms with Gasteiger partial charge in [-0.15, -0.1) is 0 Å². The lowest BCUT2D eigenvalue weighted by Crippen LogP contribution is -2.44. The molecule has 1 aromatic carbocycles. The summed E-state index contributed by atoms with van der Waals surface area (Å²) in [7, 11) is 3.27. The van der Waals surface area contributed by atoms with Crippen LogP contribution in [0, 0.1) is 0 Å². The van der Waals surface area contributed by atoms with Gasteiger partial charge in [0.1, 0.15) is 0 Å². The second-order valence-corrected chi connectivity index (χ2v) is 5.18. The van der Waals surface area contributed by atoms with Gasteiger partial charge in [0.2, 0.25) is 0 Å². The quantitative estimate of drug-likeness (QED) is 0.745. The molecule has 0 radical (unpaired) electrons. The molecular weight excluding hydrogens is 285 g/mol. The summed E-state index contributed by atoms with van der Waals surface area (Å²) in [5, 5.41) is 4.73. The Morgan fingerprint density at radius 3 is 2.42 bits per heavy atom. The van der Waals surface area contributed by atoms with Crippen molar-refractivity contribution in [1.82, 2.24) is 5.32 Å². The molecule has 1 atom stereocenters. The molecule has 108 valence electrons. The molecule has 0 heterocycles. The third-order valence-corrected chi connectivity index (χ3v) is 3.49. The second-order valence-electron chi connectivity index (χ2n) is 4.34. The topological polar surface area (TPSA) is 30.5 Å². The summed E-state index contributed by atoms with van der Waals surface area (Å²) in [5.41, 5.74) is 1.03. The monoisotopic (exact) mass is 305 g/mol. The standard InChI is InChI=1S/C14H21Cl2NO2/c1-4-7-17-13(14(18-2)19-3)8-10-5-6-11(15)9-12(10)16/h5-6,9,13-14,17H,4,7-8H2,1-3H3. The molecular formula is C14H21Cl2NO2. The smallest absolute Gasteiger partial charge is 0.172 e. The highest BCUT2D eigenvalue weighted by atomic mass is 35.5. The minimum atomic E-state index is -0.307. The number of hydrogen-bond acceptors (Lipinski definition) is 3. The van der Waals surface area contributed by atoms with Crippen LogP contribution in [0.2, 0.25) is 10.0 Å². The predicted molar refractivity (Wildman–Crippen MR) is 80.1 cm³/mol. The summed E-state index contributed by atoms with van der Waals surface area (Å²) in [4.78, 5) is 0. The van der Waals surface area contributed by atoms with E-state index in [0.29, 0.717) is 10.0 Å². The summed E-state index contributed by atoms with van der Waals surface area (Å²) in [5.74, 6) is 0. The lowest BCUT2D eigenvalue weighted by Gasteiger charge is -2.26. The van der Waals surface area contributed by atoms with Crippen molar-refractivity contribution >= 4 is 23.2 Å². The Kier molecular flexibility index (Phi) is 7.73. The van der Waals surface area contributed by atoms with Crippen molar-refractivity contribution in [3.8, 4) is 0 Å².